The van der Waals surface area contributed by atoms with Gasteiger partial charge in [0.25, 0.3) is 0 Å². The van der Waals surface area contributed by atoms with Gasteiger partial charge in [0.15, 0.2) is 0 Å². The van der Waals surface area contributed by atoms with Crippen molar-refractivity contribution in [3.05, 3.63) is 18.2 Å². The molecule has 1 aliphatic heterocycles. The summed E-state index contributed by atoms with van der Waals surface area (Å²) in [7, 11) is -1.16. The van der Waals surface area contributed by atoms with Gasteiger partial charge in [0, 0.05) is 0 Å². The molecule has 0 saturated heterocycles. The minimum absolute atomic E-state index is 0.0876. The second-order valence-corrected chi connectivity index (χ2v) is 3.40. The van der Waals surface area contributed by atoms with E-state index in [4.69, 9.17) is 0 Å². The topological polar surface area (TPSA) is 49.7 Å². The van der Waals surface area contributed by atoms with Crippen LogP contribution in [0.15, 0.2) is 28.1 Å². The van der Waals surface area contributed by atoms with Gasteiger partial charge in [0.05, 0.1) is 21.2 Å². The largest absolute Gasteiger partial charge is 0.506 e. The Morgan fingerprint density at radius 3 is 3.00 bits per heavy atom. The molecule has 2 rings (SSSR count). The van der Waals surface area contributed by atoms with E-state index in [1.54, 1.807) is 12.1 Å². The zero-order valence-electron chi connectivity index (χ0n) is 5.52. The van der Waals surface area contributed by atoms with Gasteiger partial charge >= 0.3 is 0 Å². The third kappa shape index (κ3) is 0.867. The van der Waals surface area contributed by atoms with Crippen LogP contribution in [0.2, 0.25) is 0 Å². The molecule has 11 heavy (non-hydrogen) atoms. The first-order valence-electron chi connectivity index (χ1n) is 3.06. The van der Waals surface area contributed by atoms with Crippen LogP contribution < -0.4 is 0 Å². The maximum atomic E-state index is 11.1. The van der Waals surface area contributed by atoms with Gasteiger partial charge in [-0.2, -0.15) is 0 Å². The molecule has 0 fully saturated rings. The van der Waals surface area contributed by atoms with Crippen molar-refractivity contribution in [3.63, 3.8) is 0 Å². The van der Waals surface area contributed by atoms with Gasteiger partial charge in [-0.05, 0) is 12.1 Å². The molecule has 1 aromatic carbocycles. The first-order valence-corrected chi connectivity index (χ1v) is 4.27. The molecule has 0 spiro atoms. The number of rotatable bonds is 0. The first kappa shape index (κ1) is 6.54. The van der Waals surface area contributed by atoms with Crippen molar-refractivity contribution in [2.24, 2.45) is 4.99 Å². The SMILES string of the molecule is O=S1C=Nc2c(O)cccc21. The van der Waals surface area contributed by atoms with Crippen LogP contribution in [0.3, 0.4) is 0 Å². The Labute approximate surface area is 65.9 Å². The molecular formula is C7H5NO2S. The van der Waals surface area contributed by atoms with Gasteiger partial charge in [-0.15, -0.1) is 0 Å². The van der Waals surface area contributed by atoms with Crippen LogP contribution in [-0.2, 0) is 10.8 Å². The molecule has 0 aromatic heterocycles. The lowest BCUT2D eigenvalue weighted by molar-refractivity contribution is 0.475. The van der Waals surface area contributed by atoms with Gasteiger partial charge in [0.1, 0.15) is 11.4 Å². The minimum Gasteiger partial charge on any atom is -0.506 e. The highest BCUT2D eigenvalue weighted by Gasteiger charge is 2.16. The number of phenolic OH excluding ortho intramolecular Hbond substituents is 1. The van der Waals surface area contributed by atoms with Crippen LogP contribution in [0.25, 0.3) is 0 Å². The van der Waals surface area contributed by atoms with Crippen molar-refractivity contribution in [2.45, 2.75) is 4.90 Å². The van der Waals surface area contributed by atoms with Crippen molar-refractivity contribution in [1.82, 2.24) is 0 Å². The van der Waals surface area contributed by atoms with Crippen LogP contribution in [-0.4, -0.2) is 14.9 Å². The molecular weight excluding hydrogens is 162 g/mol. The molecule has 0 aliphatic carbocycles. The average molecular weight is 167 g/mol. The predicted octanol–water partition coefficient (Wildman–Crippen LogP) is 1.17. The number of phenols is 1. The van der Waals surface area contributed by atoms with Gasteiger partial charge < -0.3 is 5.11 Å². The van der Waals surface area contributed by atoms with E-state index in [1.807, 2.05) is 0 Å². The Balaban J connectivity index is 2.74. The smallest absolute Gasteiger partial charge is 0.142 e. The van der Waals surface area contributed by atoms with Gasteiger partial charge in [-0.3, -0.25) is 0 Å². The van der Waals surface area contributed by atoms with E-state index in [0.717, 1.165) is 0 Å². The van der Waals surface area contributed by atoms with Crippen molar-refractivity contribution in [2.75, 3.05) is 0 Å². The Morgan fingerprint density at radius 2 is 2.27 bits per heavy atom. The lowest BCUT2D eigenvalue weighted by Crippen LogP contribution is -1.83. The fourth-order valence-corrected chi connectivity index (χ4v) is 1.84. The molecule has 1 N–H and O–H groups in total. The summed E-state index contributed by atoms with van der Waals surface area (Å²) in [5, 5.41) is 9.20. The molecule has 0 radical (unpaired) electrons. The van der Waals surface area contributed by atoms with E-state index < -0.39 is 10.8 Å². The van der Waals surface area contributed by atoms with Crippen molar-refractivity contribution in [3.8, 4) is 5.75 Å². The monoisotopic (exact) mass is 167 g/mol. The van der Waals surface area contributed by atoms with E-state index in [1.165, 1.54) is 11.6 Å². The standard InChI is InChI=1S/C7H5NO2S/c9-5-2-1-3-6-7(5)8-4-11(6)10/h1-4,9H. The van der Waals surface area contributed by atoms with Crippen molar-refractivity contribution < 1.29 is 9.32 Å². The summed E-state index contributed by atoms with van der Waals surface area (Å²) in [6.45, 7) is 0. The van der Waals surface area contributed by atoms with Crippen LogP contribution in [0.1, 0.15) is 0 Å². The minimum atomic E-state index is -1.16. The fraction of sp³-hybridized carbons (Fsp3) is 0. The predicted molar refractivity (Wildman–Crippen MR) is 42.7 cm³/mol. The van der Waals surface area contributed by atoms with E-state index >= 15 is 0 Å². The Bertz CT molecular complexity index is 359. The summed E-state index contributed by atoms with van der Waals surface area (Å²) in [4.78, 5) is 4.39. The second-order valence-electron chi connectivity index (χ2n) is 2.16. The Hall–Kier alpha value is -1.16. The third-order valence-electron chi connectivity index (χ3n) is 1.47. The zero-order chi connectivity index (χ0) is 7.84. The summed E-state index contributed by atoms with van der Waals surface area (Å²) in [5.41, 5.74) is 1.76. The normalized spacial score (nSPS) is 20.2. The highest BCUT2D eigenvalue weighted by molar-refractivity contribution is 7.99. The number of benzene rings is 1. The summed E-state index contributed by atoms with van der Waals surface area (Å²) >= 11 is 0. The summed E-state index contributed by atoms with van der Waals surface area (Å²) in [6.07, 6.45) is 0. The molecule has 0 amide bonds. The molecule has 1 aliphatic rings. The molecule has 1 aromatic rings. The van der Waals surface area contributed by atoms with Crippen molar-refractivity contribution in [1.29, 1.82) is 0 Å². The lowest BCUT2D eigenvalue weighted by Gasteiger charge is -1.96. The number of fused-ring (bicyclic) bond motifs is 1. The lowest BCUT2D eigenvalue weighted by atomic mass is 10.3. The van der Waals surface area contributed by atoms with Crippen LogP contribution in [0.4, 0.5) is 5.69 Å². The number of hydrogen-bond donors (Lipinski definition) is 1. The number of aliphatic imine (C=N–C) groups is 1. The van der Waals surface area contributed by atoms with Crippen molar-refractivity contribution >= 4 is 22.0 Å². The highest BCUT2D eigenvalue weighted by atomic mass is 32.2. The van der Waals surface area contributed by atoms with E-state index in [2.05, 4.69) is 4.99 Å². The second kappa shape index (κ2) is 2.17. The first-order chi connectivity index (χ1) is 5.29. The summed E-state index contributed by atoms with van der Waals surface area (Å²) in [5.74, 6) is 0.0876. The number of aromatic hydroxyl groups is 1. The number of para-hydroxylation sites is 1. The maximum absolute atomic E-state index is 11.1. The molecule has 1 unspecified atom stereocenters. The summed E-state index contributed by atoms with van der Waals surface area (Å²) < 4.78 is 11.1. The molecule has 1 heterocycles. The quantitative estimate of drug-likeness (QED) is 0.630. The summed E-state index contributed by atoms with van der Waals surface area (Å²) in [6, 6.07) is 4.87. The van der Waals surface area contributed by atoms with Gasteiger partial charge in [0.2, 0.25) is 0 Å². The zero-order valence-corrected chi connectivity index (χ0v) is 6.34. The number of hydrogen-bond acceptors (Lipinski definition) is 3. The number of nitrogens with zero attached hydrogens (tertiary/aromatic N) is 1. The Morgan fingerprint density at radius 1 is 1.45 bits per heavy atom. The Kier molecular flexibility index (Phi) is 1.29. The van der Waals surface area contributed by atoms with Gasteiger partial charge in [-0.25, -0.2) is 9.20 Å². The third-order valence-corrected chi connectivity index (χ3v) is 2.53. The molecule has 4 heteroatoms. The van der Waals surface area contributed by atoms with Crippen LogP contribution >= 0.6 is 0 Å². The molecule has 0 saturated carbocycles. The van der Waals surface area contributed by atoms with Gasteiger partial charge in [-0.1, -0.05) is 6.07 Å². The molecule has 1 atom stereocenters. The van der Waals surface area contributed by atoms with Crippen LogP contribution in [0.5, 0.6) is 5.75 Å². The maximum Gasteiger partial charge on any atom is 0.142 e. The fourth-order valence-electron chi connectivity index (χ4n) is 0.960. The van der Waals surface area contributed by atoms with E-state index in [0.29, 0.717) is 10.6 Å². The average Bonchev–Trinajstić information content (AvgIpc) is 2.35. The van der Waals surface area contributed by atoms with E-state index in [-0.39, 0.29) is 5.75 Å². The van der Waals surface area contributed by atoms with Crippen LogP contribution in [0, 0.1) is 0 Å². The highest BCUT2D eigenvalue weighted by Crippen LogP contribution is 2.35. The molecule has 3 nitrogen and oxygen atoms in total. The molecule has 56 valence electrons. The molecule has 0 bridgehead atoms. The van der Waals surface area contributed by atoms with E-state index in [9.17, 15) is 9.32 Å².